The average molecular weight is 469 g/mol. The van der Waals surface area contributed by atoms with Crippen LogP contribution in [0.1, 0.15) is 13.3 Å². The number of hydrogen-bond acceptors (Lipinski definition) is 10. The number of fused-ring (bicyclic) bond motifs is 1. The van der Waals surface area contributed by atoms with Crippen molar-refractivity contribution in [3.63, 3.8) is 0 Å². The fourth-order valence-corrected chi connectivity index (χ4v) is 4.49. The first kappa shape index (κ1) is 25.9. The number of aliphatic carboxylic acids is 1. The molecule has 29 heavy (non-hydrogen) atoms. The number of carbonyl (C=O) groups is 5. The molecule has 0 radical (unpaired) electrons. The Bertz CT molecular complexity index is 789. The van der Waals surface area contributed by atoms with Crippen LogP contribution < -0.4 is 45.7 Å². The van der Waals surface area contributed by atoms with Crippen molar-refractivity contribution in [2.45, 2.75) is 24.8 Å². The van der Waals surface area contributed by atoms with Crippen LogP contribution in [-0.4, -0.2) is 68.3 Å². The zero-order valence-corrected chi connectivity index (χ0v) is 20.0. The molecule has 2 aliphatic rings. The number of nitrogens with zero attached hydrogens (tertiary/aromatic N) is 1. The number of hydrogen-bond donors (Lipinski definition) is 2. The number of ketones is 1. The molecule has 2 rings (SSSR count). The molecule has 14 heteroatoms. The molecule has 2 atom stereocenters. The van der Waals surface area contributed by atoms with E-state index in [2.05, 4.69) is 17.5 Å². The molecule has 3 N–H and O–H groups in total. The summed E-state index contributed by atoms with van der Waals surface area (Å²) in [5, 5.41) is 13.3. The van der Waals surface area contributed by atoms with E-state index in [1.54, 1.807) is 0 Å². The van der Waals surface area contributed by atoms with Crippen molar-refractivity contribution in [3.8, 4) is 0 Å². The third-order valence-corrected chi connectivity index (χ3v) is 6.18. The molecule has 2 amide bonds. The summed E-state index contributed by atoms with van der Waals surface area (Å²) in [5.74, 6) is -3.74. The van der Waals surface area contributed by atoms with Gasteiger partial charge < -0.3 is 25.7 Å². The maximum atomic E-state index is 12.4. The number of thioether (sulfide) groups is 2. The van der Waals surface area contributed by atoms with Gasteiger partial charge in [-0.25, -0.2) is 0 Å². The molecule has 2 heterocycles. The van der Waals surface area contributed by atoms with Crippen molar-refractivity contribution in [3.05, 3.63) is 11.3 Å². The molecule has 0 saturated carbocycles. The monoisotopic (exact) mass is 469 g/mol. The van der Waals surface area contributed by atoms with Gasteiger partial charge in [0.05, 0.1) is 23.8 Å². The molecular formula is C15H16N3NaO7S3. The summed E-state index contributed by atoms with van der Waals surface area (Å²) in [6, 6.07) is -0.960. The molecule has 1 unspecified atom stereocenters. The van der Waals surface area contributed by atoms with E-state index in [1.165, 1.54) is 18.7 Å². The maximum Gasteiger partial charge on any atom is 1.00 e. The first-order valence-electron chi connectivity index (χ1n) is 7.86. The van der Waals surface area contributed by atoms with Gasteiger partial charge in [0.2, 0.25) is 5.91 Å². The Morgan fingerprint density at radius 3 is 2.62 bits per heavy atom. The van der Waals surface area contributed by atoms with Gasteiger partial charge in [-0.15, -0.1) is 11.8 Å². The minimum absolute atomic E-state index is 0. The van der Waals surface area contributed by atoms with Gasteiger partial charge in [0.15, 0.2) is 5.78 Å². The van der Waals surface area contributed by atoms with Gasteiger partial charge >= 0.3 is 35.5 Å². The summed E-state index contributed by atoms with van der Waals surface area (Å²) >= 11 is 6.77. The Labute approximate surface area is 202 Å². The molecule has 152 valence electrons. The number of carboxylic acids is 1. The zero-order valence-electron chi connectivity index (χ0n) is 15.6. The van der Waals surface area contributed by atoms with Crippen molar-refractivity contribution in [1.29, 1.82) is 0 Å². The van der Waals surface area contributed by atoms with Crippen LogP contribution in [-0.2, 0) is 28.7 Å². The first-order valence-corrected chi connectivity index (χ1v) is 10.3. The predicted octanol–water partition coefficient (Wildman–Crippen LogP) is -5.11. The Morgan fingerprint density at radius 1 is 1.41 bits per heavy atom. The molecule has 0 aromatic carbocycles. The van der Waals surface area contributed by atoms with Gasteiger partial charge in [-0.1, -0.05) is 24.0 Å². The average Bonchev–Trinajstić information content (AvgIpc) is 2.61. The number of esters is 1. The van der Waals surface area contributed by atoms with E-state index in [9.17, 15) is 29.1 Å². The van der Waals surface area contributed by atoms with Crippen LogP contribution in [0.4, 0.5) is 0 Å². The van der Waals surface area contributed by atoms with E-state index in [0.717, 1.165) is 16.7 Å². The van der Waals surface area contributed by atoms with Crippen LogP contribution in [0, 0.1) is 0 Å². The second-order valence-corrected chi connectivity index (χ2v) is 8.62. The fraction of sp³-hybridized carbons (Fsp3) is 0.467. The predicted molar refractivity (Wildman–Crippen MR) is 103 cm³/mol. The number of Topliss-reactive ketones (excluding diaryl/α,β-unsaturated/α-hetero) is 1. The normalized spacial score (nSPS) is 20.0. The number of carboxylic acid groups (broad SMARTS) is 1. The SMILES string of the molecule is CC(=O)OCC1=C(C(=O)[O-])N2C(=O)C(NC(=O)CC(=O)CSC(N)=S)[C@@H]2SC1.[Na+]. The Hall–Kier alpha value is -1.12. The van der Waals surface area contributed by atoms with Gasteiger partial charge in [0, 0.05) is 18.2 Å². The van der Waals surface area contributed by atoms with Crippen molar-refractivity contribution in [2.75, 3.05) is 18.1 Å². The van der Waals surface area contributed by atoms with E-state index in [-0.39, 0.29) is 63.3 Å². The van der Waals surface area contributed by atoms with Gasteiger partial charge in [-0.3, -0.25) is 24.1 Å². The molecule has 1 saturated heterocycles. The topological polar surface area (TPSA) is 159 Å². The molecule has 2 aliphatic heterocycles. The van der Waals surface area contributed by atoms with Crippen molar-refractivity contribution >= 4 is 69.6 Å². The minimum Gasteiger partial charge on any atom is -0.543 e. The molecule has 0 aromatic rings. The van der Waals surface area contributed by atoms with Crippen molar-refractivity contribution in [1.82, 2.24) is 10.2 Å². The van der Waals surface area contributed by atoms with Gasteiger partial charge in [-0.05, 0) is 0 Å². The largest absolute Gasteiger partial charge is 1.00 e. The quantitative estimate of drug-likeness (QED) is 0.115. The van der Waals surface area contributed by atoms with E-state index in [1.807, 2.05) is 0 Å². The number of amides is 2. The number of thiocarbonyl (C=S) groups is 1. The number of carbonyl (C=O) groups excluding carboxylic acids is 5. The second kappa shape index (κ2) is 11.3. The van der Waals surface area contributed by atoms with Crippen molar-refractivity contribution in [2.24, 2.45) is 5.73 Å². The Balaban J connectivity index is 0.00000420. The van der Waals surface area contributed by atoms with E-state index < -0.39 is 47.4 Å². The Morgan fingerprint density at radius 2 is 2.07 bits per heavy atom. The zero-order chi connectivity index (χ0) is 21.0. The third-order valence-electron chi connectivity index (χ3n) is 3.74. The van der Waals surface area contributed by atoms with Crippen molar-refractivity contribution < 1.29 is 63.4 Å². The summed E-state index contributed by atoms with van der Waals surface area (Å²) in [7, 11) is 0. The van der Waals surface area contributed by atoms with Crippen LogP contribution in [0.3, 0.4) is 0 Å². The minimum atomic E-state index is -1.57. The number of nitrogens with one attached hydrogen (secondary N) is 1. The molecule has 0 aliphatic carbocycles. The Kier molecular flexibility index (Phi) is 10.1. The molecule has 0 aromatic heterocycles. The van der Waals surface area contributed by atoms with E-state index >= 15 is 0 Å². The van der Waals surface area contributed by atoms with Gasteiger partial charge in [0.1, 0.15) is 22.3 Å². The number of rotatable bonds is 8. The van der Waals surface area contributed by atoms with Gasteiger partial charge in [0.25, 0.3) is 5.91 Å². The molecule has 1 fully saturated rings. The van der Waals surface area contributed by atoms with Gasteiger partial charge in [-0.2, -0.15) is 0 Å². The van der Waals surface area contributed by atoms with E-state index in [4.69, 9.17) is 10.5 Å². The molecule has 0 bridgehead atoms. The fourth-order valence-electron chi connectivity index (χ4n) is 2.58. The van der Waals surface area contributed by atoms with Crippen LogP contribution in [0.25, 0.3) is 0 Å². The number of nitrogens with two attached hydrogens (primary N) is 1. The smallest absolute Gasteiger partial charge is 0.543 e. The summed E-state index contributed by atoms with van der Waals surface area (Å²) in [6.45, 7) is 0.910. The summed E-state index contributed by atoms with van der Waals surface area (Å²) < 4.78 is 4.90. The maximum absolute atomic E-state index is 12.4. The first-order chi connectivity index (χ1) is 13.1. The third kappa shape index (κ3) is 6.69. The molecular weight excluding hydrogens is 453 g/mol. The molecule has 0 spiro atoms. The summed E-state index contributed by atoms with van der Waals surface area (Å²) in [4.78, 5) is 59.5. The van der Waals surface area contributed by atoms with Crippen LogP contribution in [0.15, 0.2) is 11.3 Å². The summed E-state index contributed by atoms with van der Waals surface area (Å²) in [6.07, 6.45) is -0.447. The number of β-lactam (4-membered cyclic amide) rings is 1. The second-order valence-electron chi connectivity index (χ2n) is 5.80. The standard InChI is InChI=1S/C15H17N3O7S3.Na/c1-6(19)25-3-7-4-27-13-10(12(22)18(13)11(7)14(23)24)17-9(21)2-8(20)5-28-15(16)26;/h10,13H,2-5H2,1H3,(H2,16,26)(H,17,21)(H,23,24);/q;+1/p-1/t10?,13-;/m0./s1. The molecule has 10 nitrogen and oxygen atoms in total. The number of ether oxygens (including phenoxy) is 1. The van der Waals surface area contributed by atoms with Crippen LogP contribution >= 0.6 is 35.7 Å². The summed E-state index contributed by atoms with van der Waals surface area (Å²) in [5.41, 5.74) is 5.14. The van der Waals surface area contributed by atoms with Crippen LogP contribution in [0.5, 0.6) is 0 Å². The van der Waals surface area contributed by atoms with E-state index in [0.29, 0.717) is 0 Å². The van der Waals surface area contributed by atoms with Crippen LogP contribution in [0.2, 0.25) is 0 Å².